The number of nitrogens with zero attached hydrogens (tertiary/aromatic N) is 1. The number of hydrogen-bond acceptors (Lipinski definition) is 3. The highest BCUT2D eigenvalue weighted by Crippen LogP contribution is 2.14. The molecule has 1 aromatic rings. The molecule has 0 saturated carbocycles. The van der Waals surface area contributed by atoms with Gasteiger partial charge in [0.2, 0.25) is 0 Å². The van der Waals surface area contributed by atoms with Gasteiger partial charge in [-0.25, -0.2) is 0 Å². The molecular formula is C10H11NO2. The molecule has 13 heavy (non-hydrogen) atoms. The summed E-state index contributed by atoms with van der Waals surface area (Å²) in [5.41, 5.74) is 1.99. The lowest BCUT2D eigenvalue weighted by atomic mass is 10.00. The number of nitriles is 1. The minimum atomic E-state index is -0.0924. The summed E-state index contributed by atoms with van der Waals surface area (Å²) in [5.74, 6) is 0. The van der Waals surface area contributed by atoms with Gasteiger partial charge in [-0.2, -0.15) is 5.26 Å². The predicted octanol–water partition coefficient (Wildman–Crippen LogP) is 0.585. The molecule has 0 radical (unpaired) electrons. The van der Waals surface area contributed by atoms with Crippen LogP contribution >= 0.6 is 0 Å². The van der Waals surface area contributed by atoms with Gasteiger partial charge in [0.15, 0.2) is 0 Å². The van der Waals surface area contributed by atoms with Crippen molar-refractivity contribution in [2.24, 2.45) is 0 Å². The Kier molecular flexibility index (Phi) is 3.44. The molecule has 0 heterocycles. The quantitative estimate of drug-likeness (QED) is 0.710. The molecule has 0 spiro atoms. The maximum Gasteiger partial charge on any atom is 0.0994 e. The molecule has 0 aliphatic heterocycles. The van der Waals surface area contributed by atoms with E-state index in [1.54, 1.807) is 18.2 Å². The number of rotatable bonds is 3. The number of aliphatic hydroxyl groups is 2. The Bertz CT molecular complexity index is 328. The van der Waals surface area contributed by atoms with E-state index in [1.165, 1.54) is 0 Å². The fourth-order valence-corrected chi connectivity index (χ4v) is 1.29. The zero-order chi connectivity index (χ0) is 9.68. The van der Waals surface area contributed by atoms with Crippen LogP contribution in [-0.4, -0.2) is 16.8 Å². The summed E-state index contributed by atoms with van der Waals surface area (Å²) in [6.45, 7) is -0.101. The van der Waals surface area contributed by atoms with Gasteiger partial charge in [0.25, 0.3) is 0 Å². The molecule has 0 fully saturated rings. The Morgan fingerprint density at radius 3 is 2.62 bits per heavy atom. The van der Waals surface area contributed by atoms with E-state index in [9.17, 15) is 0 Å². The minimum absolute atomic E-state index is 0.00824. The van der Waals surface area contributed by atoms with Gasteiger partial charge in [0.05, 0.1) is 18.2 Å². The highest BCUT2D eigenvalue weighted by atomic mass is 16.3. The highest BCUT2D eigenvalue weighted by Gasteiger charge is 2.05. The molecule has 3 heteroatoms. The van der Waals surface area contributed by atoms with Crippen molar-refractivity contribution in [3.05, 3.63) is 34.9 Å². The van der Waals surface area contributed by atoms with Crippen LogP contribution in [0.2, 0.25) is 0 Å². The minimum Gasteiger partial charge on any atom is -0.396 e. The molecule has 0 unspecified atom stereocenters. The van der Waals surface area contributed by atoms with E-state index in [1.807, 2.05) is 6.07 Å². The topological polar surface area (TPSA) is 64.2 Å². The molecule has 68 valence electrons. The van der Waals surface area contributed by atoms with Crippen LogP contribution in [0.5, 0.6) is 0 Å². The monoisotopic (exact) mass is 177 g/mol. The molecule has 0 aliphatic carbocycles. The second-order valence-electron chi connectivity index (χ2n) is 2.69. The lowest BCUT2D eigenvalue weighted by Gasteiger charge is -2.06. The second-order valence-corrected chi connectivity index (χ2v) is 2.69. The third kappa shape index (κ3) is 2.05. The van der Waals surface area contributed by atoms with Gasteiger partial charge >= 0.3 is 0 Å². The first-order chi connectivity index (χ1) is 6.33. The Morgan fingerprint density at radius 2 is 2.08 bits per heavy atom. The van der Waals surface area contributed by atoms with Crippen molar-refractivity contribution in [1.29, 1.82) is 5.26 Å². The summed E-state index contributed by atoms with van der Waals surface area (Å²) in [7, 11) is 0. The van der Waals surface area contributed by atoms with Gasteiger partial charge in [-0.1, -0.05) is 12.1 Å². The zero-order valence-electron chi connectivity index (χ0n) is 7.20. The molecule has 1 aromatic carbocycles. The summed E-state index contributed by atoms with van der Waals surface area (Å²) in [4.78, 5) is 0. The van der Waals surface area contributed by atoms with Crippen LogP contribution in [0.25, 0.3) is 0 Å². The van der Waals surface area contributed by atoms with Crippen molar-refractivity contribution in [3.63, 3.8) is 0 Å². The van der Waals surface area contributed by atoms with Gasteiger partial charge in [-0.3, -0.25) is 0 Å². The van der Waals surface area contributed by atoms with Crippen molar-refractivity contribution >= 4 is 0 Å². The Balaban J connectivity index is 3.15. The van der Waals surface area contributed by atoms with Gasteiger partial charge in [0.1, 0.15) is 0 Å². The van der Waals surface area contributed by atoms with Crippen molar-refractivity contribution in [2.45, 2.75) is 13.0 Å². The largest absolute Gasteiger partial charge is 0.396 e. The van der Waals surface area contributed by atoms with Crippen LogP contribution < -0.4 is 0 Å². The molecule has 0 atom stereocenters. The lowest BCUT2D eigenvalue weighted by molar-refractivity contribution is 0.276. The maximum absolute atomic E-state index is 8.97. The van der Waals surface area contributed by atoms with E-state index >= 15 is 0 Å². The Hall–Kier alpha value is -1.37. The first-order valence-corrected chi connectivity index (χ1v) is 4.06. The predicted molar refractivity (Wildman–Crippen MR) is 47.9 cm³/mol. The Morgan fingerprint density at radius 1 is 1.31 bits per heavy atom. The van der Waals surface area contributed by atoms with Crippen LogP contribution in [0.4, 0.5) is 0 Å². The summed E-state index contributed by atoms with van der Waals surface area (Å²) in [6, 6.07) is 7.20. The molecule has 0 aliphatic rings. The van der Waals surface area contributed by atoms with Gasteiger partial charge in [-0.05, 0) is 23.6 Å². The van der Waals surface area contributed by atoms with Crippen molar-refractivity contribution in [3.8, 4) is 6.07 Å². The first-order valence-electron chi connectivity index (χ1n) is 4.06. The normalized spacial score (nSPS) is 9.62. The van der Waals surface area contributed by atoms with Crippen LogP contribution in [0.1, 0.15) is 16.7 Å². The first kappa shape index (κ1) is 9.72. The maximum atomic E-state index is 8.97. The highest BCUT2D eigenvalue weighted by molar-refractivity contribution is 5.42. The third-order valence-electron chi connectivity index (χ3n) is 1.93. The second kappa shape index (κ2) is 4.61. The number of benzene rings is 1. The number of hydrogen-bond donors (Lipinski definition) is 2. The van der Waals surface area contributed by atoms with Crippen LogP contribution in [0, 0.1) is 11.3 Å². The SMILES string of the molecule is N#Cc1cccc(CO)c1CCO. The van der Waals surface area contributed by atoms with Crippen LogP contribution in [0.15, 0.2) is 18.2 Å². The average molecular weight is 177 g/mol. The zero-order valence-corrected chi connectivity index (χ0v) is 7.20. The van der Waals surface area contributed by atoms with Crippen LogP contribution in [-0.2, 0) is 13.0 Å². The van der Waals surface area contributed by atoms with Crippen LogP contribution in [0.3, 0.4) is 0 Å². The Labute approximate surface area is 76.9 Å². The average Bonchev–Trinajstić information content (AvgIpc) is 2.18. The van der Waals surface area contributed by atoms with E-state index in [0.717, 1.165) is 5.56 Å². The lowest BCUT2D eigenvalue weighted by Crippen LogP contribution is -2.00. The molecule has 2 N–H and O–H groups in total. The smallest absolute Gasteiger partial charge is 0.0994 e. The molecule has 0 saturated heterocycles. The van der Waals surface area contributed by atoms with Gasteiger partial charge in [0, 0.05) is 6.61 Å². The summed E-state index contributed by atoms with van der Waals surface area (Å²) >= 11 is 0. The molecule has 0 amide bonds. The van der Waals surface area contributed by atoms with E-state index in [0.29, 0.717) is 17.5 Å². The van der Waals surface area contributed by atoms with E-state index in [2.05, 4.69) is 0 Å². The van der Waals surface area contributed by atoms with Crippen molar-refractivity contribution in [1.82, 2.24) is 0 Å². The standard InChI is InChI=1S/C10H11NO2/c11-6-8-2-1-3-9(7-13)10(8)4-5-12/h1-3,12-13H,4-5,7H2. The number of aliphatic hydroxyl groups excluding tert-OH is 2. The molecule has 3 nitrogen and oxygen atoms in total. The molecule has 1 rings (SSSR count). The van der Waals surface area contributed by atoms with Crippen molar-refractivity contribution < 1.29 is 10.2 Å². The van der Waals surface area contributed by atoms with Gasteiger partial charge in [-0.15, -0.1) is 0 Å². The summed E-state index contributed by atoms with van der Waals surface area (Å²) in [5, 5.41) is 26.5. The van der Waals surface area contributed by atoms with Crippen molar-refractivity contribution in [2.75, 3.05) is 6.61 Å². The summed E-state index contributed by atoms with van der Waals surface area (Å²) in [6.07, 6.45) is 0.416. The fourth-order valence-electron chi connectivity index (χ4n) is 1.29. The summed E-state index contributed by atoms with van der Waals surface area (Å²) < 4.78 is 0. The van der Waals surface area contributed by atoms with E-state index in [-0.39, 0.29) is 13.2 Å². The van der Waals surface area contributed by atoms with Gasteiger partial charge < -0.3 is 10.2 Å². The molecular weight excluding hydrogens is 166 g/mol. The molecule has 0 bridgehead atoms. The fraction of sp³-hybridized carbons (Fsp3) is 0.300. The van der Waals surface area contributed by atoms with E-state index < -0.39 is 0 Å². The third-order valence-corrected chi connectivity index (χ3v) is 1.93. The van der Waals surface area contributed by atoms with E-state index in [4.69, 9.17) is 15.5 Å². The molecule has 0 aromatic heterocycles.